The molecule has 0 aliphatic rings. The van der Waals surface area contributed by atoms with E-state index in [1.165, 1.54) is 25.1 Å². The fraction of sp³-hybridized carbons (Fsp3) is 0.0769. The van der Waals surface area contributed by atoms with Crippen molar-refractivity contribution < 1.29 is 21.8 Å². The Hall–Kier alpha value is -1.44. The molecule has 2 aromatic rings. The topological polar surface area (TPSA) is 109 Å². The maximum absolute atomic E-state index is 11.3. The van der Waals surface area contributed by atoms with Gasteiger partial charge in [-0.2, -0.15) is 0 Å². The van der Waals surface area contributed by atoms with Gasteiger partial charge in [-0.25, -0.2) is 0 Å². The number of halogens is 1. The average Bonchev–Trinajstić information content (AvgIpc) is 2.48. The summed E-state index contributed by atoms with van der Waals surface area (Å²) in [4.78, 5) is 14.6. The van der Waals surface area contributed by atoms with E-state index in [1.54, 1.807) is 18.5 Å². The second-order valence-corrected chi connectivity index (χ2v) is 8.53. The zero-order valence-electron chi connectivity index (χ0n) is 11.5. The van der Waals surface area contributed by atoms with Crippen LogP contribution in [0.2, 0.25) is 0 Å². The van der Waals surface area contributed by atoms with Gasteiger partial charge < -0.3 is 0 Å². The molecule has 0 spiro atoms. The van der Waals surface area contributed by atoms with Crippen LogP contribution in [-0.4, -0.2) is 34.4 Å². The molecule has 9 heteroatoms. The van der Waals surface area contributed by atoms with E-state index in [-0.39, 0.29) is 10.3 Å². The van der Waals surface area contributed by atoms with Gasteiger partial charge in [-0.3, -0.25) is 4.98 Å². The van der Waals surface area contributed by atoms with E-state index >= 15 is 0 Å². The second kappa shape index (κ2) is 8.87. The van der Waals surface area contributed by atoms with Gasteiger partial charge in [0.15, 0.2) is 0 Å². The van der Waals surface area contributed by atoms with Crippen molar-refractivity contribution in [1.82, 2.24) is 4.98 Å². The number of aromatic nitrogens is 1. The summed E-state index contributed by atoms with van der Waals surface area (Å²) in [5, 5.41) is 10.7. The van der Waals surface area contributed by atoms with Crippen molar-refractivity contribution in [1.29, 1.82) is 0 Å². The van der Waals surface area contributed by atoms with Crippen LogP contribution < -0.4 is 9.67 Å². The number of carbonyl (C=O) groups excluding carboxylic acids is 1. The Bertz CT molecular complexity index is 668. The first-order chi connectivity index (χ1) is 10.3. The Morgan fingerprint density at radius 2 is 2.09 bits per heavy atom. The Balaban J connectivity index is 0.000000287. The molecule has 2 rings (SSSR count). The Morgan fingerprint density at radius 1 is 1.36 bits per heavy atom. The van der Waals surface area contributed by atoms with Gasteiger partial charge in [-0.1, -0.05) is 0 Å². The number of pyridine rings is 1. The molecule has 0 fully saturated rings. The van der Waals surface area contributed by atoms with Crippen LogP contribution in [0.25, 0.3) is 0 Å². The fourth-order valence-electron chi connectivity index (χ4n) is 1.35. The van der Waals surface area contributed by atoms with Crippen molar-refractivity contribution in [2.24, 2.45) is 0 Å². The molecular weight excluding hydrogens is 419 g/mol. The Morgan fingerprint density at radius 3 is 2.55 bits per heavy atom. The van der Waals surface area contributed by atoms with Crippen LogP contribution in [0, 0.1) is 0 Å². The molecule has 1 unspecified atom stereocenters. The van der Waals surface area contributed by atoms with Crippen molar-refractivity contribution >= 4 is 46.0 Å². The minimum absolute atomic E-state index is 0.0399. The van der Waals surface area contributed by atoms with E-state index in [2.05, 4.69) is 30.1 Å². The van der Waals surface area contributed by atoms with Gasteiger partial charge in [-0.05, 0) is 28.1 Å². The van der Waals surface area contributed by atoms with E-state index < -0.39 is 14.2 Å². The standard InChI is InChI=1S/C8H10AsNO5.C5H4BrN/c1-6(11)10-8-4-2-3-7(5-8)9(12,13)15-14;6-5-2-1-3-7-4-5/h2-5,14H,1H3,(H,10,11)(H,12,13);1-4H. The third-order valence-corrected chi connectivity index (χ3v) is 5.12. The van der Waals surface area contributed by atoms with E-state index in [0.29, 0.717) is 5.69 Å². The van der Waals surface area contributed by atoms with Gasteiger partial charge in [0.2, 0.25) is 0 Å². The van der Waals surface area contributed by atoms with E-state index in [4.69, 9.17) is 5.26 Å². The first-order valence-corrected chi connectivity index (χ1v) is 10.0. The molecule has 118 valence electrons. The summed E-state index contributed by atoms with van der Waals surface area (Å²) in [7, 11) is 0. The minimum atomic E-state index is -4.83. The van der Waals surface area contributed by atoms with Crippen LogP contribution in [-0.2, 0) is 12.4 Å². The summed E-state index contributed by atoms with van der Waals surface area (Å²) in [6.07, 6.45) is 3.49. The van der Waals surface area contributed by atoms with Gasteiger partial charge in [-0.15, -0.1) is 0 Å². The van der Waals surface area contributed by atoms with E-state index in [0.717, 1.165) is 4.47 Å². The summed E-state index contributed by atoms with van der Waals surface area (Å²) in [5.74, 6) is -0.294. The van der Waals surface area contributed by atoms with Crippen molar-refractivity contribution in [3.8, 4) is 0 Å². The van der Waals surface area contributed by atoms with Gasteiger partial charge >= 0.3 is 88.4 Å². The average molecular weight is 433 g/mol. The van der Waals surface area contributed by atoms with Crippen molar-refractivity contribution in [3.63, 3.8) is 0 Å². The van der Waals surface area contributed by atoms with Crippen molar-refractivity contribution in [2.75, 3.05) is 5.32 Å². The van der Waals surface area contributed by atoms with Crippen LogP contribution in [0.5, 0.6) is 0 Å². The van der Waals surface area contributed by atoms with Gasteiger partial charge in [0, 0.05) is 16.9 Å². The predicted octanol–water partition coefficient (Wildman–Crippen LogP) is 1.55. The summed E-state index contributed by atoms with van der Waals surface area (Å²) < 4.78 is 25.0. The molecule has 1 heterocycles. The quantitative estimate of drug-likeness (QED) is 0.385. The number of rotatable bonds is 3. The molecule has 1 aromatic heterocycles. The van der Waals surface area contributed by atoms with Crippen LogP contribution in [0.1, 0.15) is 6.92 Å². The van der Waals surface area contributed by atoms with E-state index in [1.807, 2.05) is 12.1 Å². The summed E-state index contributed by atoms with van der Waals surface area (Å²) in [5.41, 5.74) is 0.368. The molecule has 0 saturated heterocycles. The van der Waals surface area contributed by atoms with Crippen LogP contribution in [0.15, 0.2) is 53.3 Å². The number of carbonyl (C=O) groups is 1. The van der Waals surface area contributed by atoms with Gasteiger partial charge in [0.25, 0.3) is 0 Å². The number of hydrogen-bond donors (Lipinski definition) is 3. The number of nitrogens with zero attached hydrogens (tertiary/aromatic N) is 1. The molecule has 0 aliphatic heterocycles. The van der Waals surface area contributed by atoms with Crippen molar-refractivity contribution in [2.45, 2.75) is 6.92 Å². The van der Waals surface area contributed by atoms with Gasteiger partial charge in [0.05, 0.1) is 0 Å². The molecular formula is C13H14AsBrN2O5. The van der Waals surface area contributed by atoms with Crippen LogP contribution >= 0.6 is 15.9 Å². The zero-order valence-corrected chi connectivity index (χ0v) is 15.0. The third kappa shape index (κ3) is 6.55. The molecule has 22 heavy (non-hydrogen) atoms. The molecule has 0 bridgehead atoms. The van der Waals surface area contributed by atoms with Gasteiger partial charge in [0.1, 0.15) is 0 Å². The molecule has 1 aromatic carbocycles. The fourth-order valence-corrected chi connectivity index (χ4v) is 3.03. The summed E-state index contributed by atoms with van der Waals surface area (Å²) in [6.45, 7) is 1.32. The maximum atomic E-state index is 11.3. The van der Waals surface area contributed by atoms with E-state index in [9.17, 15) is 12.6 Å². The molecule has 0 aliphatic carbocycles. The number of hydrogen-bond acceptors (Lipinski definition) is 5. The van der Waals surface area contributed by atoms with Crippen molar-refractivity contribution in [3.05, 3.63) is 53.3 Å². The zero-order chi connectivity index (χ0) is 16.6. The predicted molar refractivity (Wildman–Crippen MR) is 84.7 cm³/mol. The molecule has 3 N–H and O–H groups in total. The number of nitrogens with one attached hydrogen (secondary N) is 1. The molecule has 0 saturated carbocycles. The molecule has 0 radical (unpaired) electrons. The Labute approximate surface area is 138 Å². The first-order valence-electron chi connectivity index (χ1n) is 5.95. The SMILES string of the molecule is Brc1cccnc1.CC(=O)Nc1cccc([As](=O)(O)OO)c1. The second-order valence-electron chi connectivity index (χ2n) is 4.00. The first kappa shape index (κ1) is 18.6. The molecule has 1 amide bonds. The molecule has 1 atom stereocenters. The number of amides is 1. The van der Waals surface area contributed by atoms with Crippen LogP contribution in [0.4, 0.5) is 5.69 Å². The number of benzene rings is 1. The normalized spacial score (nSPS) is 12.5. The molecule has 7 nitrogen and oxygen atoms in total. The number of anilines is 1. The summed E-state index contributed by atoms with van der Waals surface area (Å²) >= 11 is -1.58. The Kier molecular flexibility index (Phi) is 7.50. The summed E-state index contributed by atoms with van der Waals surface area (Å²) in [6, 6.07) is 9.46. The van der Waals surface area contributed by atoms with Crippen LogP contribution in [0.3, 0.4) is 0 Å². The monoisotopic (exact) mass is 432 g/mol. The third-order valence-electron chi connectivity index (χ3n) is 2.23.